The van der Waals surface area contributed by atoms with Gasteiger partial charge in [-0.25, -0.2) is 0 Å². The third-order valence-electron chi connectivity index (χ3n) is 5.27. The summed E-state index contributed by atoms with van der Waals surface area (Å²) in [7, 11) is -2.54. The minimum Gasteiger partial charge on any atom is -0.407 e. The van der Waals surface area contributed by atoms with Crippen molar-refractivity contribution in [3.63, 3.8) is 0 Å². The standard InChI is InChI=1S/C24H27NO3Si/c1-24(2,3)29(22-10-6-4-7-11-22,23-12-8-5-9-13-23)28-19-18-20-14-16-21(17-15-20)25(26)27/h4-17H,18-19H2,1-3H3. The summed E-state index contributed by atoms with van der Waals surface area (Å²) >= 11 is 0. The Labute approximate surface area is 173 Å². The molecule has 0 aliphatic carbocycles. The van der Waals surface area contributed by atoms with Crippen LogP contribution in [0.2, 0.25) is 5.04 Å². The zero-order valence-corrected chi connectivity index (χ0v) is 18.2. The Hall–Kier alpha value is -2.76. The molecule has 5 heteroatoms. The average molecular weight is 406 g/mol. The van der Waals surface area contributed by atoms with Crippen molar-refractivity contribution < 1.29 is 9.35 Å². The van der Waals surface area contributed by atoms with Gasteiger partial charge in [-0.3, -0.25) is 10.1 Å². The number of non-ortho nitro benzene ring substituents is 1. The molecule has 3 aromatic rings. The molecule has 0 aliphatic heterocycles. The Balaban J connectivity index is 1.92. The van der Waals surface area contributed by atoms with E-state index in [1.165, 1.54) is 10.4 Å². The normalized spacial score (nSPS) is 12.0. The van der Waals surface area contributed by atoms with E-state index in [9.17, 15) is 10.1 Å². The topological polar surface area (TPSA) is 52.4 Å². The van der Waals surface area contributed by atoms with Crippen LogP contribution in [0.3, 0.4) is 0 Å². The predicted octanol–water partition coefficient (Wildman–Crippen LogP) is 4.71. The smallest absolute Gasteiger partial charge is 0.269 e. The molecular weight excluding hydrogens is 378 g/mol. The highest BCUT2D eigenvalue weighted by molar-refractivity contribution is 6.99. The molecule has 0 radical (unpaired) electrons. The summed E-state index contributed by atoms with van der Waals surface area (Å²) in [5.41, 5.74) is 1.15. The molecule has 0 amide bonds. The van der Waals surface area contributed by atoms with Crippen LogP contribution in [0.15, 0.2) is 84.9 Å². The first-order chi connectivity index (χ1) is 13.8. The minimum atomic E-state index is -2.54. The Morgan fingerprint density at radius 3 is 1.72 bits per heavy atom. The molecule has 3 aromatic carbocycles. The molecule has 0 aliphatic rings. The van der Waals surface area contributed by atoms with Gasteiger partial charge < -0.3 is 4.43 Å². The van der Waals surface area contributed by atoms with Gasteiger partial charge in [0.1, 0.15) is 0 Å². The summed E-state index contributed by atoms with van der Waals surface area (Å²) in [6.45, 7) is 7.33. The Morgan fingerprint density at radius 1 is 0.828 bits per heavy atom. The number of nitro benzene ring substituents is 1. The van der Waals surface area contributed by atoms with E-state index in [2.05, 4.69) is 69.3 Å². The van der Waals surface area contributed by atoms with E-state index >= 15 is 0 Å². The van der Waals surface area contributed by atoms with Crippen LogP contribution in [0.1, 0.15) is 26.3 Å². The third-order valence-corrected chi connectivity index (χ3v) is 10.3. The van der Waals surface area contributed by atoms with Crippen LogP contribution >= 0.6 is 0 Å². The Morgan fingerprint density at radius 2 is 1.31 bits per heavy atom. The van der Waals surface area contributed by atoms with Crippen molar-refractivity contribution in [2.24, 2.45) is 0 Å². The number of benzene rings is 3. The molecule has 0 atom stereocenters. The fraction of sp³-hybridized carbons (Fsp3) is 0.250. The molecule has 0 fully saturated rings. The summed E-state index contributed by atoms with van der Waals surface area (Å²) in [5, 5.41) is 13.3. The second kappa shape index (κ2) is 8.72. The lowest BCUT2D eigenvalue weighted by Crippen LogP contribution is -2.66. The van der Waals surface area contributed by atoms with Crippen molar-refractivity contribution in [1.29, 1.82) is 0 Å². The van der Waals surface area contributed by atoms with Gasteiger partial charge in [0.05, 0.1) is 4.92 Å². The molecule has 0 unspecified atom stereocenters. The molecule has 29 heavy (non-hydrogen) atoms. The molecule has 0 saturated heterocycles. The quantitative estimate of drug-likeness (QED) is 0.325. The highest BCUT2D eigenvalue weighted by Gasteiger charge is 2.49. The summed E-state index contributed by atoms with van der Waals surface area (Å²) in [6, 6.07) is 27.8. The number of nitro groups is 1. The van der Waals surface area contributed by atoms with Gasteiger partial charge in [0.15, 0.2) is 0 Å². The number of hydrogen-bond donors (Lipinski definition) is 0. The van der Waals surface area contributed by atoms with E-state index in [4.69, 9.17) is 4.43 Å². The SMILES string of the molecule is CC(C)(C)[Si](OCCc1ccc([N+](=O)[O-])cc1)(c1ccccc1)c1ccccc1. The maximum absolute atomic E-state index is 10.9. The van der Waals surface area contributed by atoms with E-state index in [0.717, 1.165) is 5.56 Å². The van der Waals surface area contributed by atoms with Gasteiger partial charge >= 0.3 is 0 Å². The van der Waals surface area contributed by atoms with Crippen molar-refractivity contribution in [2.45, 2.75) is 32.2 Å². The van der Waals surface area contributed by atoms with Crippen molar-refractivity contribution in [3.8, 4) is 0 Å². The lowest BCUT2D eigenvalue weighted by Gasteiger charge is -2.43. The predicted molar refractivity (Wildman–Crippen MR) is 120 cm³/mol. The Bertz CT molecular complexity index is 896. The van der Waals surface area contributed by atoms with Gasteiger partial charge in [-0.05, 0) is 27.4 Å². The van der Waals surface area contributed by atoms with Gasteiger partial charge in [0.2, 0.25) is 0 Å². The van der Waals surface area contributed by atoms with E-state index in [0.29, 0.717) is 13.0 Å². The molecule has 4 nitrogen and oxygen atoms in total. The zero-order valence-electron chi connectivity index (χ0n) is 17.2. The number of hydrogen-bond acceptors (Lipinski definition) is 3. The van der Waals surface area contributed by atoms with Crippen LogP contribution < -0.4 is 10.4 Å². The van der Waals surface area contributed by atoms with Crippen molar-refractivity contribution >= 4 is 24.4 Å². The molecule has 3 rings (SSSR count). The number of rotatable bonds is 7. The molecule has 0 aromatic heterocycles. The van der Waals surface area contributed by atoms with E-state index < -0.39 is 8.32 Å². The summed E-state index contributed by atoms with van der Waals surface area (Å²) in [5.74, 6) is 0. The molecule has 150 valence electrons. The second-order valence-electron chi connectivity index (χ2n) is 8.19. The van der Waals surface area contributed by atoms with Crippen molar-refractivity contribution in [1.82, 2.24) is 0 Å². The molecule has 0 heterocycles. The maximum Gasteiger partial charge on any atom is 0.269 e. The molecule has 0 bridgehead atoms. The molecule has 0 saturated carbocycles. The highest BCUT2D eigenvalue weighted by Crippen LogP contribution is 2.36. The Kier molecular flexibility index (Phi) is 6.30. The second-order valence-corrected chi connectivity index (χ2v) is 12.5. The van der Waals surface area contributed by atoms with Crippen LogP contribution in [-0.2, 0) is 10.8 Å². The summed E-state index contributed by atoms with van der Waals surface area (Å²) < 4.78 is 6.85. The first-order valence-corrected chi connectivity index (χ1v) is 11.7. The van der Waals surface area contributed by atoms with Gasteiger partial charge in [-0.15, -0.1) is 0 Å². The van der Waals surface area contributed by atoms with Gasteiger partial charge in [0.25, 0.3) is 14.0 Å². The molecular formula is C24H27NO3Si. The largest absolute Gasteiger partial charge is 0.407 e. The first kappa shape index (κ1) is 21.0. The fourth-order valence-electron chi connectivity index (χ4n) is 3.87. The lowest BCUT2D eigenvalue weighted by molar-refractivity contribution is -0.384. The summed E-state index contributed by atoms with van der Waals surface area (Å²) in [6.07, 6.45) is 0.711. The highest BCUT2D eigenvalue weighted by atomic mass is 28.4. The lowest BCUT2D eigenvalue weighted by atomic mass is 10.1. The molecule has 0 N–H and O–H groups in total. The number of nitrogens with zero attached hydrogens (tertiary/aromatic N) is 1. The van der Waals surface area contributed by atoms with Gasteiger partial charge in [-0.2, -0.15) is 0 Å². The van der Waals surface area contributed by atoms with Crippen LogP contribution in [0.5, 0.6) is 0 Å². The van der Waals surface area contributed by atoms with E-state index in [1.807, 2.05) is 24.3 Å². The van der Waals surface area contributed by atoms with E-state index in [1.54, 1.807) is 12.1 Å². The first-order valence-electron chi connectivity index (χ1n) is 9.83. The van der Waals surface area contributed by atoms with Crippen molar-refractivity contribution in [2.75, 3.05) is 6.61 Å². The monoisotopic (exact) mass is 405 g/mol. The van der Waals surface area contributed by atoms with Gasteiger partial charge in [0, 0.05) is 18.7 Å². The maximum atomic E-state index is 10.9. The van der Waals surface area contributed by atoms with Crippen molar-refractivity contribution in [3.05, 3.63) is 101 Å². The zero-order chi connectivity index (χ0) is 20.9. The van der Waals surface area contributed by atoms with Gasteiger partial charge in [-0.1, -0.05) is 93.6 Å². The van der Waals surface area contributed by atoms with Crippen LogP contribution in [-0.4, -0.2) is 19.8 Å². The average Bonchev–Trinajstić information content (AvgIpc) is 2.72. The summed E-state index contributed by atoms with van der Waals surface area (Å²) in [4.78, 5) is 10.5. The van der Waals surface area contributed by atoms with Crippen LogP contribution in [0.25, 0.3) is 0 Å². The van der Waals surface area contributed by atoms with Crippen LogP contribution in [0.4, 0.5) is 5.69 Å². The third kappa shape index (κ3) is 4.47. The molecule has 0 spiro atoms. The fourth-order valence-corrected chi connectivity index (χ4v) is 8.43. The van der Waals surface area contributed by atoms with E-state index in [-0.39, 0.29) is 15.6 Å². The minimum absolute atomic E-state index is 0.0643. The van der Waals surface area contributed by atoms with Crippen LogP contribution in [0, 0.1) is 10.1 Å².